The number of thioether (sulfide) groups is 1. The van der Waals surface area contributed by atoms with Gasteiger partial charge in [-0.3, -0.25) is 4.68 Å². The maximum atomic E-state index is 5.94. The van der Waals surface area contributed by atoms with Crippen molar-refractivity contribution in [2.45, 2.75) is 76.8 Å². The summed E-state index contributed by atoms with van der Waals surface area (Å²) >= 11 is 1.88. The van der Waals surface area contributed by atoms with Crippen LogP contribution in [0, 0.1) is 11.8 Å². The molecule has 4 heteroatoms. The Morgan fingerprint density at radius 3 is 2.44 bits per heavy atom. The fourth-order valence-corrected chi connectivity index (χ4v) is 6.19. The summed E-state index contributed by atoms with van der Waals surface area (Å²) in [7, 11) is 0. The average molecular weight is 450 g/mol. The van der Waals surface area contributed by atoms with E-state index in [9.17, 15) is 0 Å². The minimum atomic E-state index is 0.687. The van der Waals surface area contributed by atoms with Gasteiger partial charge in [-0.15, -0.1) is 11.8 Å². The van der Waals surface area contributed by atoms with Gasteiger partial charge in [-0.05, 0) is 55.6 Å². The lowest BCUT2D eigenvalue weighted by Crippen LogP contribution is -2.20. The molecule has 0 saturated heterocycles. The van der Waals surface area contributed by atoms with E-state index in [1.165, 1.54) is 71.5 Å². The Balaban J connectivity index is 1.69. The Labute approximate surface area is 198 Å². The molecule has 172 valence electrons. The van der Waals surface area contributed by atoms with E-state index in [0.29, 0.717) is 6.54 Å². The van der Waals surface area contributed by atoms with Gasteiger partial charge in [0, 0.05) is 24.4 Å². The molecule has 1 saturated carbocycles. The second-order valence-electron chi connectivity index (χ2n) is 9.59. The van der Waals surface area contributed by atoms with Gasteiger partial charge in [0.15, 0.2) is 0 Å². The molecule has 0 amide bonds. The summed E-state index contributed by atoms with van der Waals surface area (Å²) in [5.41, 5.74) is 12.5. The van der Waals surface area contributed by atoms with Gasteiger partial charge >= 0.3 is 0 Å². The first-order valence-corrected chi connectivity index (χ1v) is 13.5. The van der Waals surface area contributed by atoms with Crippen LogP contribution in [-0.2, 0) is 6.54 Å². The van der Waals surface area contributed by atoms with Crippen LogP contribution in [0.4, 0.5) is 0 Å². The fraction of sp³-hybridized carbons (Fsp3) is 0.536. The molecule has 0 unspecified atom stereocenters. The monoisotopic (exact) mass is 449 g/mol. The van der Waals surface area contributed by atoms with Crippen LogP contribution in [0.15, 0.2) is 53.1 Å². The third-order valence-corrected chi connectivity index (χ3v) is 8.21. The van der Waals surface area contributed by atoms with E-state index in [0.717, 1.165) is 37.0 Å². The van der Waals surface area contributed by atoms with E-state index in [-0.39, 0.29) is 0 Å². The van der Waals surface area contributed by atoms with Gasteiger partial charge in [-0.2, -0.15) is 5.10 Å². The van der Waals surface area contributed by atoms with Crippen LogP contribution < -0.4 is 5.73 Å². The Bertz CT molecular complexity index is 933. The van der Waals surface area contributed by atoms with E-state index in [4.69, 9.17) is 10.8 Å². The summed E-state index contributed by atoms with van der Waals surface area (Å²) in [6, 6.07) is 10.8. The molecule has 0 atom stereocenters. The van der Waals surface area contributed by atoms with Gasteiger partial charge < -0.3 is 5.73 Å². The topological polar surface area (TPSA) is 43.8 Å². The molecule has 1 aromatic carbocycles. The number of hydrogen-bond donors (Lipinski definition) is 1. The largest absolute Gasteiger partial charge is 0.330 e. The SMILES string of the molecule is CCCC1CCC(Cn2nc(C3=CC=C(C)CC3)c(-c3ccccc3)c2SCCN)CC1. The van der Waals surface area contributed by atoms with E-state index in [1.807, 2.05) is 11.8 Å². The second-order valence-corrected chi connectivity index (χ2v) is 10.7. The van der Waals surface area contributed by atoms with Crippen molar-refractivity contribution in [2.24, 2.45) is 17.6 Å². The van der Waals surface area contributed by atoms with E-state index in [2.05, 4.69) is 61.0 Å². The maximum Gasteiger partial charge on any atom is 0.103 e. The van der Waals surface area contributed by atoms with Crippen LogP contribution in [0.5, 0.6) is 0 Å². The van der Waals surface area contributed by atoms with Crippen molar-refractivity contribution in [1.29, 1.82) is 0 Å². The number of allylic oxidation sites excluding steroid dienone is 4. The number of hydrogen-bond acceptors (Lipinski definition) is 3. The van der Waals surface area contributed by atoms with Crippen LogP contribution in [0.3, 0.4) is 0 Å². The summed E-state index contributed by atoms with van der Waals surface area (Å²) in [4.78, 5) is 0. The predicted molar refractivity (Wildman–Crippen MR) is 139 cm³/mol. The lowest BCUT2D eigenvalue weighted by atomic mass is 9.80. The highest BCUT2D eigenvalue weighted by Crippen LogP contribution is 2.41. The van der Waals surface area contributed by atoms with E-state index >= 15 is 0 Å². The molecule has 0 radical (unpaired) electrons. The molecular weight excluding hydrogens is 410 g/mol. The van der Waals surface area contributed by atoms with Crippen molar-refractivity contribution < 1.29 is 0 Å². The van der Waals surface area contributed by atoms with Crippen molar-refractivity contribution in [3.05, 3.63) is 53.8 Å². The summed E-state index contributed by atoms with van der Waals surface area (Å²) in [6.07, 6.45) is 14.9. The standard InChI is InChI=1S/C28H39N3S/c1-3-7-22-12-14-23(15-13-22)20-31-28(32-19-18-29)26(24-8-5-4-6-9-24)27(30-31)25-16-10-21(2)11-17-25/h4-6,8-10,16,22-23H,3,7,11-15,17-20,29H2,1-2H3. The number of nitrogens with zero attached hydrogens (tertiary/aromatic N) is 2. The van der Waals surface area contributed by atoms with Crippen LogP contribution in [-0.4, -0.2) is 22.1 Å². The van der Waals surface area contributed by atoms with Gasteiger partial charge in [-0.1, -0.05) is 80.7 Å². The van der Waals surface area contributed by atoms with E-state index < -0.39 is 0 Å². The molecule has 2 aromatic rings. The molecule has 2 aliphatic carbocycles. The third kappa shape index (κ3) is 5.58. The first-order valence-electron chi connectivity index (χ1n) is 12.5. The average Bonchev–Trinajstić information content (AvgIpc) is 3.18. The number of rotatable bonds is 9. The number of aromatic nitrogens is 2. The van der Waals surface area contributed by atoms with Crippen LogP contribution in [0.2, 0.25) is 0 Å². The molecule has 1 aromatic heterocycles. The van der Waals surface area contributed by atoms with Crippen molar-refractivity contribution in [3.8, 4) is 11.1 Å². The lowest BCUT2D eigenvalue weighted by Gasteiger charge is -2.28. The highest BCUT2D eigenvalue weighted by Gasteiger charge is 2.26. The number of benzene rings is 1. The zero-order valence-corrected chi connectivity index (χ0v) is 20.7. The van der Waals surface area contributed by atoms with Crippen molar-refractivity contribution in [2.75, 3.05) is 12.3 Å². The molecule has 1 heterocycles. The highest BCUT2D eigenvalue weighted by atomic mass is 32.2. The van der Waals surface area contributed by atoms with Crippen molar-refractivity contribution in [1.82, 2.24) is 9.78 Å². The normalized spacial score (nSPS) is 21.3. The maximum absolute atomic E-state index is 5.94. The summed E-state index contributed by atoms with van der Waals surface area (Å²) < 4.78 is 2.34. The Hall–Kier alpha value is -1.78. The van der Waals surface area contributed by atoms with Crippen molar-refractivity contribution >= 4 is 17.3 Å². The highest BCUT2D eigenvalue weighted by molar-refractivity contribution is 7.99. The first kappa shape index (κ1) is 23.4. The Kier molecular flexibility index (Phi) is 8.31. The van der Waals surface area contributed by atoms with Crippen LogP contribution >= 0.6 is 11.8 Å². The van der Waals surface area contributed by atoms with Crippen LogP contribution in [0.25, 0.3) is 16.7 Å². The first-order chi connectivity index (χ1) is 15.7. The molecule has 1 fully saturated rings. The minimum Gasteiger partial charge on any atom is -0.330 e. The third-order valence-electron chi connectivity index (χ3n) is 7.08. The zero-order chi connectivity index (χ0) is 22.3. The second kappa shape index (κ2) is 11.4. The van der Waals surface area contributed by atoms with Crippen molar-refractivity contribution in [3.63, 3.8) is 0 Å². The summed E-state index contributed by atoms with van der Waals surface area (Å²) in [5.74, 6) is 2.60. The molecule has 0 bridgehead atoms. The molecule has 2 N–H and O–H groups in total. The van der Waals surface area contributed by atoms with Gasteiger partial charge in [-0.25, -0.2) is 0 Å². The molecule has 4 rings (SSSR count). The van der Waals surface area contributed by atoms with Gasteiger partial charge in [0.05, 0.1) is 5.69 Å². The molecule has 0 spiro atoms. The summed E-state index contributed by atoms with van der Waals surface area (Å²) in [6.45, 7) is 6.27. The van der Waals surface area contributed by atoms with E-state index in [1.54, 1.807) is 0 Å². The molecule has 32 heavy (non-hydrogen) atoms. The molecule has 0 aliphatic heterocycles. The van der Waals surface area contributed by atoms with Gasteiger partial charge in [0.25, 0.3) is 0 Å². The summed E-state index contributed by atoms with van der Waals surface area (Å²) in [5, 5.41) is 6.60. The van der Waals surface area contributed by atoms with Gasteiger partial charge in [0.1, 0.15) is 5.03 Å². The zero-order valence-electron chi connectivity index (χ0n) is 19.9. The quantitative estimate of drug-likeness (QED) is 0.408. The number of nitrogens with two attached hydrogens (primary N) is 1. The predicted octanol–water partition coefficient (Wildman–Crippen LogP) is 7.33. The van der Waals surface area contributed by atoms with Crippen LogP contribution in [0.1, 0.15) is 70.9 Å². The van der Waals surface area contributed by atoms with Gasteiger partial charge in [0.2, 0.25) is 0 Å². The molecular formula is C28H39N3S. The smallest absolute Gasteiger partial charge is 0.103 e. The lowest BCUT2D eigenvalue weighted by molar-refractivity contribution is 0.232. The Morgan fingerprint density at radius 2 is 1.78 bits per heavy atom. The minimum absolute atomic E-state index is 0.687. The Morgan fingerprint density at radius 1 is 1.03 bits per heavy atom. The fourth-order valence-electron chi connectivity index (χ4n) is 5.26. The molecule has 3 nitrogen and oxygen atoms in total. The molecule has 2 aliphatic rings.